The van der Waals surface area contributed by atoms with Crippen molar-refractivity contribution in [1.82, 2.24) is 4.90 Å². The minimum absolute atomic E-state index is 0. The summed E-state index contributed by atoms with van der Waals surface area (Å²) in [6.07, 6.45) is 2.11. The Labute approximate surface area is 165 Å². The topological polar surface area (TPSA) is 47.7 Å². The molecule has 2 aromatic rings. The summed E-state index contributed by atoms with van der Waals surface area (Å²) in [5.41, 5.74) is 9.07. The van der Waals surface area contributed by atoms with Crippen molar-refractivity contribution in [3.8, 4) is 11.5 Å². The highest BCUT2D eigenvalue weighted by Gasteiger charge is 2.31. The summed E-state index contributed by atoms with van der Waals surface area (Å²) >= 11 is 1.76. The Balaban J connectivity index is 0.00000196. The first kappa shape index (κ1) is 19.4. The van der Waals surface area contributed by atoms with Crippen LogP contribution < -0.4 is 15.2 Å². The summed E-state index contributed by atoms with van der Waals surface area (Å²) in [5, 5.41) is 0. The molecule has 2 aliphatic heterocycles. The third-order valence-electron chi connectivity index (χ3n) is 5.01. The summed E-state index contributed by atoms with van der Waals surface area (Å²) in [6.45, 7) is 4.05. The van der Waals surface area contributed by atoms with Gasteiger partial charge < -0.3 is 15.2 Å². The van der Waals surface area contributed by atoms with E-state index >= 15 is 0 Å². The highest BCUT2D eigenvalue weighted by molar-refractivity contribution is 7.98. The molecule has 0 aliphatic carbocycles. The first-order valence-corrected chi connectivity index (χ1v) is 9.96. The van der Waals surface area contributed by atoms with Crippen LogP contribution in [0.5, 0.6) is 11.5 Å². The Morgan fingerprint density at radius 1 is 1.08 bits per heavy atom. The van der Waals surface area contributed by atoms with Crippen molar-refractivity contribution >= 4 is 24.2 Å². The molecule has 2 heterocycles. The molecule has 1 fully saturated rings. The van der Waals surface area contributed by atoms with Crippen LogP contribution in [0.25, 0.3) is 0 Å². The number of hydrogen-bond acceptors (Lipinski definition) is 5. The van der Waals surface area contributed by atoms with E-state index in [1.165, 1.54) is 16.0 Å². The zero-order valence-corrected chi connectivity index (χ0v) is 16.5. The molecular weight excluding hydrogens is 368 g/mol. The number of halogens is 1. The summed E-state index contributed by atoms with van der Waals surface area (Å²) in [5.74, 6) is 2.12. The molecule has 2 aromatic carbocycles. The monoisotopic (exact) mass is 392 g/mol. The third kappa shape index (κ3) is 3.96. The quantitative estimate of drug-likeness (QED) is 0.806. The van der Waals surface area contributed by atoms with Gasteiger partial charge in [0.1, 0.15) is 13.2 Å². The number of hydrogen-bond donors (Lipinski definition) is 1. The molecule has 0 amide bonds. The summed E-state index contributed by atoms with van der Waals surface area (Å²) in [4.78, 5) is 3.70. The molecule has 0 radical (unpaired) electrons. The Morgan fingerprint density at radius 3 is 2.46 bits per heavy atom. The van der Waals surface area contributed by atoms with Gasteiger partial charge in [-0.1, -0.05) is 30.3 Å². The second-order valence-electron chi connectivity index (χ2n) is 6.68. The number of nitrogens with zero attached hydrogens (tertiary/aromatic N) is 1. The first-order chi connectivity index (χ1) is 12.2. The van der Waals surface area contributed by atoms with Crippen LogP contribution in [-0.2, 0) is 6.54 Å². The molecule has 1 saturated heterocycles. The number of rotatable bonds is 4. The van der Waals surface area contributed by atoms with E-state index in [-0.39, 0.29) is 18.4 Å². The number of ether oxygens (including phenoxy) is 2. The number of fused-ring (bicyclic) bond motifs is 1. The fraction of sp³-hybridized carbons (Fsp3) is 0.400. The van der Waals surface area contributed by atoms with Gasteiger partial charge in [0.05, 0.1) is 0 Å². The Kier molecular flexibility index (Phi) is 6.35. The van der Waals surface area contributed by atoms with Gasteiger partial charge in [-0.2, -0.15) is 0 Å². The lowest BCUT2D eigenvalue weighted by Crippen LogP contribution is -2.28. The van der Waals surface area contributed by atoms with Crippen LogP contribution in [0.3, 0.4) is 0 Å². The van der Waals surface area contributed by atoms with Gasteiger partial charge in [-0.05, 0) is 29.5 Å². The fourth-order valence-electron chi connectivity index (χ4n) is 3.76. The van der Waals surface area contributed by atoms with Gasteiger partial charge in [0.15, 0.2) is 11.5 Å². The van der Waals surface area contributed by atoms with E-state index < -0.39 is 0 Å². The zero-order valence-electron chi connectivity index (χ0n) is 14.9. The average Bonchev–Trinajstić information content (AvgIpc) is 3.02. The molecule has 2 atom stereocenters. The molecule has 2 aliphatic rings. The van der Waals surface area contributed by atoms with Gasteiger partial charge in [0.2, 0.25) is 0 Å². The van der Waals surface area contributed by atoms with Gasteiger partial charge >= 0.3 is 0 Å². The van der Waals surface area contributed by atoms with E-state index in [4.69, 9.17) is 15.2 Å². The van der Waals surface area contributed by atoms with E-state index in [0.29, 0.717) is 19.1 Å². The first-order valence-electron chi connectivity index (χ1n) is 8.74. The van der Waals surface area contributed by atoms with Crippen LogP contribution in [0, 0.1) is 0 Å². The van der Waals surface area contributed by atoms with Gasteiger partial charge in [0, 0.05) is 36.5 Å². The van der Waals surface area contributed by atoms with Crippen molar-refractivity contribution < 1.29 is 9.47 Å². The Bertz CT molecular complexity index is 744. The lowest BCUT2D eigenvalue weighted by molar-refractivity contribution is 0.170. The van der Waals surface area contributed by atoms with E-state index in [9.17, 15) is 0 Å². The van der Waals surface area contributed by atoms with Gasteiger partial charge in [-0.25, -0.2) is 0 Å². The lowest BCUT2D eigenvalue weighted by Gasteiger charge is -2.23. The predicted molar refractivity (Wildman–Crippen MR) is 109 cm³/mol. The molecular formula is C20H25ClN2O2S. The van der Waals surface area contributed by atoms with Crippen molar-refractivity contribution in [2.45, 2.75) is 23.4 Å². The number of thioether (sulfide) groups is 1. The molecule has 140 valence electrons. The van der Waals surface area contributed by atoms with Crippen molar-refractivity contribution in [2.75, 3.05) is 32.6 Å². The van der Waals surface area contributed by atoms with E-state index in [0.717, 1.165) is 31.1 Å². The van der Waals surface area contributed by atoms with Gasteiger partial charge in [0.25, 0.3) is 0 Å². The van der Waals surface area contributed by atoms with Crippen LogP contribution in [0.4, 0.5) is 0 Å². The molecule has 0 bridgehead atoms. The summed E-state index contributed by atoms with van der Waals surface area (Å²) in [7, 11) is 0. The van der Waals surface area contributed by atoms with Crippen LogP contribution in [-0.4, -0.2) is 43.5 Å². The maximum absolute atomic E-state index is 6.44. The summed E-state index contributed by atoms with van der Waals surface area (Å²) < 4.78 is 11.5. The van der Waals surface area contributed by atoms with Crippen LogP contribution in [0.15, 0.2) is 47.4 Å². The molecule has 0 aromatic heterocycles. The normalized spacial score (nSPS) is 22.1. The van der Waals surface area contributed by atoms with Crippen LogP contribution in [0.1, 0.15) is 17.0 Å². The lowest BCUT2D eigenvalue weighted by atomic mass is 9.95. The van der Waals surface area contributed by atoms with E-state index in [2.05, 4.69) is 53.6 Å². The highest BCUT2D eigenvalue weighted by atomic mass is 35.5. The van der Waals surface area contributed by atoms with Gasteiger partial charge in [-0.15, -0.1) is 24.2 Å². The zero-order chi connectivity index (χ0) is 17.2. The smallest absolute Gasteiger partial charge is 0.162 e. The predicted octanol–water partition coefficient (Wildman–Crippen LogP) is 3.53. The third-order valence-corrected chi connectivity index (χ3v) is 5.83. The molecule has 0 spiro atoms. The molecule has 4 nitrogen and oxygen atoms in total. The minimum Gasteiger partial charge on any atom is -0.486 e. The SMILES string of the molecule is CSc1cc2c(cc1CN1C[C@@H](N)[C@H](c3ccccc3)C1)OCCO2.Cl. The molecule has 0 unspecified atom stereocenters. The Hall–Kier alpha value is -1.40. The number of likely N-dealkylation sites (tertiary alicyclic amines) is 1. The maximum atomic E-state index is 6.44. The Morgan fingerprint density at radius 2 is 1.77 bits per heavy atom. The molecule has 4 rings (SSSR count). The second kappa shape index (κ2) is 8.53. The highest BCUT2D eigenvalue weighted by Crippen LogP contribution is 2.38. The van der Waals surface area contributed by atoms with Crippen molar-refractivity contribution in [2.24, 2.45) is 5.73 Å². The van der Waals surface area contributed by atoms with Crippen molar-refractivity contribution in [3.05, 3.63) is 53.6 Å². The molecule has 6 heteroatoms. The second-order valence-corrected chi connectivity index (χ2v) is 7.53. The van der Waals surface area contributed by atoms with E-state index in [1.54, 1.807) is 11.8 Å². The summed E-state index contributed by atoms with van der Waals surface area (Å²) in [6, 6.07) is 15.0. The van der Waals surface area contributed by atoms with Gasteiger partial charge in [-0.3, -0.25) is 4.90 Å². The van der Waals surface area contributed by atoms with Crippen LogP contribution in [0.2, 0.25) is 0 Å². The number of nitrogens with two attached hydrogens (primary N) is 1. The molecule has 0 saturated carbocycles. The number of benzene rings is 2. The average molecular weight is 393 g/mol. The van der Waals surface area contributed by atoms with Crippen molar-refractivity contribution in [1.29, 1.82) is 0 Å². The maximum Gasteiger partial charge on any atom is 0.162 e. The molecule has 26 heavy (non-hydrogen) atoms. The minimum atomic E-state index is 0. The standard InChI is InChI=1S/C20H24N2O2S.ClH/c1-25-20-10-19-18(23-7-8-24-19)9-15(20)11-22-12-16(17(21)13-22)14-5-3-2-4-6-14;/h2-6,9-10,16-17H,7-8,11-13,21H2,1H3;1H/t16-,17+;/m0./s1. The largest absolute Gasteiger partial charge is 0.486 e. The van der Waals surface area contributed by atoms with Crippen LogP contribution >= 0.6 is 24.2 Å². The van der Waals surface area contributed by atoms with Crippen molar-refractivity contribution in [3.63, 3.8) is 0 Å². The fourth-order valence-corrected chi connectivity index (χ4v) is 4.37. The van der Waals surface area contributed by atoms with E-state index in [1.807, 2.05) is 0 Å². The molecule has 2 N–H and O–H groups in total.